The van der Waals surface area contributed by atoms with Crippen LogP contribution >= 0.6 is 15.9 Å². The Kier molecular flexibility index (Phi) is 5.23. The molecule has 0 aromatic carbocycles. The Morgan fingerprint density at radius 1 is 1.71 bits per heavy atom. The molecule has 17 heavy (non-hydrogen) atoms. The fourth-order valence-corrected chi connectivity index (χ4v) is 1.56. The maximum absolute atomic E-state index is 10.5. The van der Waals surface area contributed by atoms with E-state index in [2.05, 4.69) is 44.8 Å². The summed E-state index contributed by atoms with van der Waals surface area (Å²) in [6.07, 6.45) is 1.05. The van der Waals surface area contributed by atoms with E-state index in [-0.39, 0.29) is 0 Å². The molecular weight excluding hydrogens is 290 g/mol. The first-order valence-corrected chi connectivity index (χ1v) is 5.96. The molecule has 8 heteroatoms. The summed E-state index contributed by atoms with van der Waals surface area (Å²) in [7, 11) is 0. The Morgan fingerprint density at radius 2 is 2.41 bits per heavy atom. The van der Waals surface area contributed by atoms with E-state index >= 15 is 0 Å². The first-order chi connectivity index (χ1) is 8.04. The average Bonchev–Trinajstić information content (AvgIpc) is 2.61. The van der Waals surface area contributed by atoms with Gasteiger partial charge in [0.25, 0.3) is 4.73 Å². The molecule has 0 aliphatic carbocycles. The summed E-state index contributed by atoms with van der Waals surface area (Å²) in [6, 6.07) is 0. The summed E-state index contributed by atoms with van der Waals surface area (Å²) >= 11 is 3.12. The van der Waals surface area contributed by atoms with Crippen molar-refractivity contribution in [2.45, 2.75) is 19.9 Å². The van der Waals surface area contributed by atoms with Crippen LogP contribution in [0.5, 0.6) is 0 Å². The second-order valence-electron chi connectivity index (χ2n) is 3.52. The van der Waals surface area contributed by atoms with Gasteiger partial charge < -0.3 is 15.4 Å². The van der Waals surface area contributed by atoms with Gasteiger partial charge in [-0.3, -0.25) is 0 Å². The van der Waals surface area contributed by atoms with Crippen molar-refractivity contribution in [3.8, 4) is 0 Å². The van der Waals surface area contributed by atoms with Crippen molar-refractivity contribution in [2.75, 3.05) is 13.1 Å². The summed E-state index contributed by atoms with van der Waals surface area (Å²) in [5.74, 6) is -0.411. The summed E-state index contributed by atoms with van der Waals surface area (Å²) in [5.41, 5.74) is 0.888. The Balaban J connectivity index is 2.56. The van der Waals surface area contributed by atoms with Crippen LogP contribution in [0.3, 0.4) is 0 Å². The molecule has 1 aromatic heterocycles. The van der Waals surface area contributed by atoms with Crippen molar-refractivity contribution < 1.29 is 4.92 Å². The molecule has 1 rings (SSSR count). The first kappa shape index (κ1) is 13.8. The molecule has 1 N–H and O–H groups in total. The fraction of sp³-hybridized carbons (Fsp3) is 0.556. The number of hydrogen-bond donors (Lipinski definition) is 1. The van der Waals surface area contributed by atoms with Gasteiger partial charge in [-0.05, 0) is 28.4 Å². The maximum atomic E-state index is 10.5. The third kappa shape index (κ3) is 4.23. The standard InChI is InChI=1S/C9H14BrN5O2/c1-3-4-11-5-7(2)6-14-8(10)12-9(13-14)15(16)17/h11H,2-6H2,1H3. The molecule has 0 aliphatic rings. The summed E-state index contributed by atoms with van der Waals surface area (Å²) < 4.78 is 1.74. The zero-order valence-corrected chi connectivity index (χ0v) is 11.1. The van der Waals surface area contributed by atoms with Crippen LogP contribution in [0.2, 0.25) is 0 Å². The highest BCUT2D eigenvalue weighted by Crippen LogP contribution is 2.13. The SMILES string of the molecule is C=C(CNCCC)Cn1nc([N+](=O)[O-])nc1Br. The van der Waals surface area contributed by atoms with E-state index < -0.39 is 10.9 Å². The van der Waals surface area contributed by atoms with Crippen molar-refractivity contribution in [1.29, 1.82) is 0 Å². The lowest BCUT2D eigenvalue weighted by molar-refractivity contribution is -0.394. The van der Waals surface area contributed by atoms with Crippen molar-refractivity contribution in [3.63, 3.8) is 0 Å². The van der Waals surface area contributed by atoms with Crippen LogP contribution in [-0.4, -0.2) is 32.8 Å². The van der Waals surface area contributed by atoms with E-state index in [1.54, 1.807) is 0 Å². The Bertz CT molecular complexity index is 418. The van der Waals surface area contributed by atoms with Gasteiger partial charge in [-0.1, -0.05) is 13.5 Å². The smallest absolute Gasteiger partial charge is 0.390 e. The zero-order valence-electron chi connectivity index (χ0n) is 9.52. The largest absolute Gasteiger partial charge is 0.492 e. The van der Waals surface area contributed by atoms with Gasteiger partial charge in [-0.25, -0.2) is 0 Å². The number of halogens is 1. The van der Waals surface area contributed by atoms with E-state index in [1.807, 2.05) is 0 Å². The number of nitro groups is 1. The lowest BCUT2D eigenvalue weighted by Crippen LogP contribution is -2.20. The van der Waals surface area contributed by atoms with Crippen molar-refractivity contribution in [2.24, 2.45) is 0 Å². The van der Waals surface area contributed by atoms with Crippen molar-refractivity contribution in [1.82, 2.24) is 20.1 Å². The minimum Gasteiger partial charge on any atom is -0.390 e. The van der Waals surface area contributed by atoms with E-state index in [0.717, 1.165) is 18.5 Å². The number of hydrogen-bond acceptors (Lipinski definition) is 5. The highest BCUT2D eigenvalue weighted by atomic mass is 79.9. The predicted octanol–water partition coefficient (Wildman–Crippen LogP) is 1.50. The lowest BCUT2D eigenvalue weighted by Gasteiger charge is -2.05. The van der Waals surface area contributed by atoms with Crippen LogP contribution in [0.15, 0.2) is 16.9 Å². The Morgan fingerprint density at radius 3 is 2.94 bits per heavy atom. The molecule has 0 spiro atoms. The summed E-state index contributed by atoms with van der Waals surface area (Å²) in [6.45, 7) is 7.93. The van der Waals surface area contributed by atoms with Crippen LogP contribution < -0.4 is 5.32 Å². The van der Waals surface area contributed by atoms with Crippen molar-refractivity contribution in [3.05, 3.63) is 27.0 Å². The van der Waals surface area contributed by atoms with Gasteiger partial charge in [0, 0.05) is 27.6 Å². The second-order valence-corrected chi connectivity index (χ2v) is 4.23. The van der Waals surface area contributed by atoms with Crippen LogP contribution in [0.25, 0.3) is 0 Å². The second kappa shape index (κ2) is 6.45. The van der Waals surface area contributed by atoms with Gasteiger partial charge >= 0.3 is 5.95 Å². The molecule has 7 nitrogen and oxygen atoms in total. The Hall–Kier alpha value is -1.28. The molecule has 0 atom stereocenters. The molecular formula is C9H14BrN5O2. The van der Waals surface area contributed by atoms with E-state index in [0.29, 0.717) is 17.8 Å². The quantitative estimate of drug-likeness (QED) is 0.357. The summed E-state index contributed by atoms with van der Waals surface area (Å²) in [5, 5.41) is 17.4. The number of rotatable bonds is 7. The molecule has 0 bridgehead atoms. The monoisotopic (exact) mass is 303 g/mol. The molecule has 0 unspecified atom stereocenters. The van der Waals surface area contributed by atoms with Crippen LogP contribution in [0.1, 0.15) is 13.3 Å². The molecule has 0 aliphatic heterocycles. The molecule has 1 heterocycles. The van der Waals surface area contributed by atoms with Gasteiger partial charge in [0.2, 0.25) is 0 Å². The van der Waals surface area contributed by atoms with Crippen LogP contribution in [-0.2, 0) is 6.54 Å². The normalized spacial score (nSPS) is 10.5. The number of nitrogens with zero attached hydrogens (tertiary/aromatic N) is 4. The lowest BCUT2D eigenvalue weighted by atomic mass is 10.3. The molecule has 0 radical (unpaired) electrons. The molecule has 0 saturated heterocycles. The third-order valence-electron chi connectivity index (χ3n) is 1.95. The van der Waals surface area contributed by atoms with Gasteiger partial charge in [-0.2, -0.15) is 4.68 Å². The van der Waals surface area contributed by atoms with Crippen molar-refractivity contribution >= 4 is 21.9 Å². The highest BCUT2D eigenvalue weighted by Gasteiger charge is 2.19. The highest BCUT2D eigenvalue weighted by molar-refractivity contribution is 9.10. The van der Waals surface area contributed by atoms with E-state index in [1.165, 1.54) is 4.68 Å². The molecule has 0 amide bonds. The zero-order chi connectivity index (χ0) is 12.8. The molecule has 1 aromatic rings. The number of nitrogens with one attached hydrogen (secondary N) is 1. The van der Waals surface area contributed by atoms with Gasteiger partial charge in [0.15, 0.2) is 0 Å². The minimum atomic E-state index is -0.626. The fourth-order valence-electron chi connectivity index (χ4n) is 1.20. The maximum Gasteiger partial charge on any atom is 0.492 e. The van der Waals surface area contributed by atoms with E-state index in [4.69, 9.17) is 0 Å². The van der Waals surface area contributed by atoms with Crippen LogP contribution in [0.4, 0.5) is 5.95 Å². The van der Waals surface area contributed by atoms with Gasteiger partial charge in [0.1, 0.15) is 0 Å². The topological polar surface area (TPSA) is 85.9 Å². The van der Waals surface area contributed by atoms with Crippen LogP contribution in [0, 0.1) is 10.1 Å². The average molecular weight is 304 g/mol. The predicted molar refractivity (Wildman–Crippen MR) is 66.7 cm³/mol. The van der Waals surface area contributed by atoms with E-state index in [9.17, 15) is 10.1 Å². The van der Waals surface area contributed by atoms with Gasteiger partial charge in [-0.15, -0.1) is 0 Å². The summed E-state index contributed by atoms with van der Waals surface area (Å²) in [4.78, 5) is 13.5. The third-order valence-corrected chi connectivity index (χ3v) is 2.54. The molecule has 0 saturated carbocycles. The minimum absolute atomic E-state index is 0.334. The molecule has 0 fully saturated rings. The number of aromatic nitrogens is 3. The molecule has 94 valence electrons. The first-order valence-electron chi connectivity index (χ1n) is 5.16. The van der Waals surface area contributed by atoms with Gasteiger partial charge in [0.05, 0.1) is 6.54 Å². The Labute approximate surface area is 107 Å².